The number of benzene rings is 7. The van der Waals surface area contributed by atoms with Crippen LogP contribution in [0.3, 0.4) is 0 Å². The predicted molar refractivity (Wildman–Crippen MR) is 191 cm³/mol. The van der Waals surface area contributed by atoms with E-state index in [0.717, 1.165) is 34.2 Å². The minimum Gasteiger partial charge on any atom is -0.497 e. The van der Waals surface area contributed by atoms with Crippen LogP contribution >= 0.6 is 0 Å². The van der Waals surface area contributed by atoms with Crippen LogP contribution in [0.4, 0.5) is 28.4 Å². The Morgan fingerprint density at radius 1 is 0.378 bits per heavy atom. The molecule has 0 aliphatic heterocycles. The van der Waals surface area contributed by atoms with E-state index in [9.17, 15) is 0 Å². The van der Waals surface area contributed by atoms with Gasteiger partial charge in [0.2, 0.25) is 0 Å². The van der Waals surface area contributed by atoms with Crippen LogP contribution in [-0.4, -0.2) is 14.2 Å². The van der Waals surface area contributed by atoms with Crippen molar-refractivity contribution in [1.29, 1.82) is 0 Å². The fourth-order valence-electron chi connectivity index (χ4n) is 5.83. The second-order valence-corrected chi connectivity index (χ2v) is 11.1. The monoisotopic (exact) mass is 582 g/mol. The summed E-state index contributed by atoms with van der Waals surface area (Å²) in [5.41, 5.74) is 10.4. The van der Waals surface area contributed by atoms with Crippen molar-refractivity contribution in [2.75, 3.05) is 24.0 Å². The van der Waals surface area contributed by atoms with Crippen molar-refractivity contribution in [3.8, 4) is 28.0 Å². The summed E-state index contributed by atoms with van der Waals surface area (Å²) in [6, 6.07) is 60.2. The molecule has 45 heavy (non-hydrogen) atoms. The first-order chi connectivity index (χ1) is 22.2. The molecule has 7 aromatic carbocycles. The molecule has 218 valence electrons. The highest BCUT2D eigenvalue weighted by molar-refractivity contribution is 5.89. The largest absolute Gasteiger partial charge is 0.497 e. The molecule has 0 atom stereocenters. The van der Waals surface area contributed by atoms with Gasteiger partial charge >= 0.3 is 0 Å². The van der Waals surface area contributed by atoms with E-state index < -0.39 is 0 Å². The SMILES string of the molecule is COc1ccc(N(C)c2ccc(-c3ccc(N(c4ccc(-c5ccccc5)cc4)c4ccc5ccccc5c4)cc3)cc2)cc1. The first-order valence-electron chi connectivity index (χ1n) is 15.2. The quantitative estimate of drug-likeness (QED) is 0.177. The van der Waals surface area contributed by atoms with E-state index in [-0.39, 0.29) is 0 Å². The minimum absolute atomic E-state index is 0.856. The molecule has 7 aromatic rings. The molecule has 0 saturated heterocycles. The van der Waals surface area contributed by atoms with E-state index in [1.165, 1.54) is 33.0 Å². The van der Waals surface area contributed by atoms with Gasteiger partial charge in [-0.2, -0.15) is 0 Å². The maximum absolute atomic E-state index is 5.31. The summed E-state index contributed by atoms with van der Waals surface area (Å²) in [7, 11) is 3.77. The third kappa shape index (κ3) is 5.89. The van der Waals surface area contributed by atoms with Gasteiger partial charge in [-0.1, -0.05) is 97.1 Å². The maximum atomic E-state index is 5.31. The second kappa shape index (κ2) is 12.4. The lowest BCUT2D eigenvalue weighted by Crippen LogP contribution is -2.10. The zero-order chi connectivity index (χ0) is 30.6. The van der Waals surface area contributed by atoms with Crippen LogP contribution in [0.1, 0.15) is 0 Å². The molecule has 7 rings (SSSR count). The maximum Gasteiger partial charge on any atom is 0.119 e. The van der Waals surface area contributed by atoms with Crippen molar-refractivity contribution in [3.63, 3.8) is 0 Å². The Balaban J connectivity index is 1.19. The molecule has 3 nitrogen and oxygen atoms in total. The van der Waals surface area contributed by atoms with Crippen LogP contribution in [0.15, 0.2) is 170 Å². The lowest BCUT2D eigenvalue weighted by molar-refractivity contribution is 0.415. The Bertz CT molecular complexity index is 2020. The molecule has 0 aliphatic carbocycles. The van der Waals surface area contributed by atoms with Gasteiger partial charge in [0, 0.05) is 35.5 Å². The molecule has 0 amide bonds. The molecule has 0 fully saturated rings. The number of ether oxygens (including phenoxy) is 1. The van der Waals surface area contributed by atoms with Gasteiger partial charge in [0.15, 0.2) is 0 Å². The van der Waals surface area contributed by atoms with E-state index in [1.807, 2.05) is 12.1 Å². The van der Waals surface area contributed by atoms with Crippen molar-refractivity contribution < 1.29 is 4.74 Å². The summed E-state index contributed by atoms with van der Waals surface area (Å²) in [4.78, 5) is 4.51. The molecule has 0 saturated carbocycles. The lowest BCUT2D eigenvalue weighted by atomic mass is 10.0. The Kier molecular flexibility index (Phi) is 7.74. The van der Waals surface area contributed by atoms with Gasteiger partial charge in [-0.3, -0.25) is 0 Å². The third-order valence-electron chi connectivity index (χ3n) is 8.40. The molecule has 0 aliphatic rings. The summed E-state index contributed by atoms with van der Waals surface area (Å²) >= 11 is 0. The Labute approximate surface area is 265 Å². The number of methoxy groups -OCH3 is 1. The van der Waals surface area contributed by atoms with Crippen LogP contribution in [0.25, 0.3) is 33.0 Å². The Morgan fingerprint density at radius 2 is 0.800 bits per heavy atom. The zero-order valence-corrected chi connectivity index (χ0v) is 25.5. The van der Waals surface area contributed by atoms with Crippen molar-refractivity contribution in [3.05, 3.63) is 170 Å². The molecule has 0 spiro atoms. The number of fused-ring (bicyclic) bond motifs is 1. The summed E-state index contributed by atoms with van der Waals surface area (Å²) < 4.78 is 5.31. The second-order valence-electron chi connectivity index (χ2n) is 11.1. The lowest BCUT2D eigenvalue weighted by Gasteiger charge is -2.26. The highest BCUT2D eigenvalue weighted by Crippen LogP contribution is 2.38. The van der Waals surface area contributed by atoms with Crippen molar-refractivity contribution in [1.82, 2.24) is 0 Å². The molecular formula is C42H34N2O. The molecule has 0 bridgehead atoms. The van der Waals surface area contributed by atoms with Gasteiger partial charge in [0.1, 0.15) is 5.75 Å². The topological polar surface area (TPSA) is 15.7 Å². The van der Waals surface area contributed by atoms with Crippen LogP contribution in [0, 0.1) is 0 Å². The smallest absolute Gasteiger partial charge is 0.119 e. The van der Waals surface area contributed by atoms with E-state index in [2.05, 4.69) is 175 Å². The molecule has 3 heteroatoms. The summed E-state index contributed by atoms with van der Waals surface area (Å²) in [6.07, 6.45) is 0. The van der Waals surface area contributed by atoms with E-state index >= 15 is 0 Å². The van der Waals surface area contributed by atoms with Crippen LogP contribution < -0.4 is 14.5 Å². The van der Waals surface area contributed by atoms with E-state index in [1.54, 1.807) is 7.11 Å². The number of hydrogen-bond donors (Lipinski definition) is 0. The Morgan fingerprint density at radius 3 is 1.33 bits per heavy atom. The molecular weight excluding hydrogens is 548 g/mol. The summed E-state index contributed by atoms with van der Waals surface area (Å²) in [6.45, 7) is 0. The average Bonchev–Trinajstić information content (AvgIpc) is 3.12. The van der Waals surface area contributed by atoms with Gasteiger partial charge in [-0.15, -0.1) is 0 Å². The van der Waals surface area contributed by atoms with E-state index in [4.69, 9.17) is 4.74 Å². The fraction of sp³-hybridized carbons (Fsp3) is 0.0476. The highest BCUT2D eigenvalue weighted by atomic mass is 16.5. The van der Waals surface area contributed by atoms with Crippen molar-refractivity contribution >= 4 is 39.2 Å². The molecule has 0 aromatic heterocycles. The van der Waals surface area contributed by atoms with Crippen LogP contribution in [-0.2, 0) is 0 Å². The molecule has 0 N–H and O–H groups in total. The first-order valence-corrected chi connectivity index (χ1v) is 15.2. The van der Waals surface area contributed by atoms with Gasteiger partial charge in [-0.05, 0) is 106 Å². The van der Waals surface area contributed by atoms with Crippen molar-refractivity contribution in [2.24, 2.45) is 0 Å². The zero-order valence-electron chi connectivity index (χ0n) is 25.5. The van der Waals surface area contributed by atoms with Gasteiger partial charge in [0.05, 0.1) is 7.11 Å². The molecule has 0 radical (unpaired) electrons. The van der Waals surface area contributed by atoms with Gasteiger partial charge in [-0.25, -0.2) is 0 Å². The average molecular weight is 583 g/mol. The normalized spacial score (nSPS) is 10.9. The van der Waals surface area contributed by atoms with Crippen LogP contribution in [0.2, 0.25) is 0 Å². The molecule has 0 heterocycles. The van der Waals surface area contributed by atoms with Gasteiger partial charge < -0.3 is 14.5 Å². The number of rotatable bonds is 8. The standard InChI is InChI=1S/C42H34N2O/c1-43(38-26-28-42(45-2)29-27-38)37-19-12-34(13-20-37)35-16-23-40(24-17-35)44(41-25-18-32-10-6-7-11-36(32)30-41)39-21-14-33(15-22-39)31-8-4-3-5-9-31/h3-30H,1-2H3. The number of hydrogen-bond acceptors (Lipinski definition) is 3. The molecule has 0 unspecified atom stereocenters. The van der Waals surface area contributed by atoms with E-state index in [0.29, 0.717) is 0 Å². The van der Waals surface area contributed by atoms with Crippen LogP contribution in [0.5, 0.6) is 5.75 Å². The number of anilines is 5. The number of nitrogens with zero attached hydrogens (tertiary/aromatic N) is 2. The first kappa shape index (κ1) is 28.0. The summed E-state index contributed by atoms with van der Waals surface area (Å²) in [5.74, 6) is 0.856. The highest BCUT2D eigenvalue weighted by Gasteiger charge is 2.14. The third-order valence-corrected chi connectivity index (χ3v) is 8.40. The Hall–Kier alpha value is -5.80. The van der Waals surface area contributed by atoms with Crippen molar-refractivity contribution in [2.45, 2.75) is 0 Å². The fourth-order valence-corrected chi connectivity index (χ4v) is 5.83. The van der Waals surface area contributed by atoms with Gasteiger partial charge in [0.25, 0.3) is 0 Å². The predicted octanol–water partition coefficient (Wildman–Crippen LogP) is 11.4. The minimum atomic E-state index is 0.856. The summed E-state index contributed by atoms with van der Waals surface area (Å²) in [5, 5.41) is 2.45.